The Morgan fingerprint density at radius 3 is 2.54 bits per heavy atom. The summed E-state index contributed by atoms with van der Waals surface area (Å²) in [7, 11) is 0. The molecule has 1 atom stereocenters. The summed E-state index contributed by atoms with van der Waals surface area (Å²) in [4.78, 5) is 23.1. The van der Waals surface area contributed by atoms with Crippen LogP contribution in [0.5, 0.6) is 0 Å². The number of urea groups is 1. The van der Waals surface area contributed by atoms with Gasteiger partial charge in [0.15, 0.2) is 0 Å². The van der Waals surface area contributed by atoms with Crippen molar-refractivity contribution in [1.82, 2.24) is 10.6 Å². The van der Waals surface area contributed by atoms with Crippen molar-refractivity contribution in [2.24, 2.45) is 5.73 Å². The Bertz CT molecular complexity index is 765. The first-order chi connectivity index (χ1) is 11.4. The zero-order valence-electron chi connectivity index (χ0n) is 13.0. The van der Waals surface area contributed by atoms with Crippen molar-refractivity contribution in [3.8, 4) is 0 Å². The molecule has 2 aromatic carbocycles. The van der Waals surface area contributed by atoms with Crippen LogP contribution in [0.3, 0.4) is 0 Å². The van der Waals surface area contributed by atoms with Crippen molar-refractivity contribution < 1.29 is 9.59 Å². The third kappa shape index (κ3) is 4.88. The minimum absolute atomic E-state index is 0.239. The Morgan fingerprint density at radius 2 is 1.88 bits per heavy atom. The molecule has 0 fully saturated rings. The minimum Gasteiger partial charge on any atom is -0.366 e. The second-order valence-corrected chi connectivity index (χ2v) is 6.10. The Labute approximate surface area is 150 Å². The maximum Gasteiger partial charge on any atom is 0.315 e. The number of hydrogen-bond donors (Lipinski definition) is 3. The lowest BCUT2D eigenvalue weighted by Gasteiger charge is -2.16. The first-order valence-electron chi connectivity index (χ1n) is 7.25. The van der Waals surface area contributed by atoms with Gasteiger partial charge >= 0.3 is 6.03 Å². The van der Waals surface area contributed by atoms with E-state index in [1.54, 1.807) is 42.5 Å². The summed E-state index contributed by atoms with van der Waals surface area (Å²) in [6.07, 6.45) is 0. The molecule has 7 heteroatoms. The van der Waals surface area contributed by atoms with Crippen LogP contribution in [0.4, 0.5) is 4.79 Å². The van der Waals surface area contributed by atoms with Crippen molar-refractivity contribution in [3.05, 3.63) is 69.2 Å². The molecule has 0 spiro atoms. The molecule has 0 aromatic heterocycles. The average Bonchev–Trinajstić information content (AvgIpc) is 2.55. The van der Waals surface area contributed by atoms with Crippen LogP contribution in [0.15, 0.2) is 42.5 Å². The number of nitrogens with two attached hydrogens (primary N) is 1. The number of hydrogen-bond acceptors (Lipinski definition) is 2. The predicted molar refractivity (Wildman–Crippen MR) is 95.2 cm³/mol. The molecule has 2 aromatic rings. The highest BCUT2D eigenvalue weighted by Crippen LogP contribution is 2.25. The van der Waals surface area contributed by atoms with Crippen LogP contribution >= 0.6 is 23.2 Å². The van der Waals surface area contributed by atoms with Crippen LogP contribution < -0.4 is 16.4 Å². The molecule has 0 aliphatic carbocycles. The number of carbonyl (C=O) groups excluding carboxylic acids is 2. The predicted octanol–water partition coefficient (Wildman–Crippen LogP) is 3.65. The van der Waals surface area contributed by atoms with Gasteiger partial charge < -0.3 is 16.4 Å². The maximum absolute atomic E-state index is 12.0. The zero-order chi connectivity index (χ0) is 17.7. The number of benzene rings is 2. The Kier molecular flexibility index (Phi) is 6.06. The molecule has 4 N–H and O–H groups in total. The number of primary amides is 1. The van der Waals surface area contributed by atoms with E-state index in [0.717, 1.165) is 11.1 Å². The third-order valence-electron chi connectivity index (χ3n) is 3.46. The van der Waals surface area contributed by atoms with Crippen molar-refractivity contribution in [2.75, 3.05) is 0 Å². The Morgan fingerprint density at radius 1 is 1.12 bits per heavy atom. The van der Waals surface area contributed by atoms with E-state index >= 15 is 0 Å². The number of amides is 3. The molecule has 1 unspecified atom stereocenters. The highest BCUT2D eigenvalue weighted by molar-refractivity contribution is 6.42. The third-order valence-corrected chi connectivity index (χ3v) is 4.19. The normalized spacial score (nSPS) is 11.6. The standard InChI is InChI=1S/C17H17Cl2N3O2/c1-10(12-5-6-14(18)15(19)8-12)22-17(24)21-9-11-3-2-4-13(7-11)16(20)23/h2-8,10H,9H2,1H3,(H2,20,23)(H2,21,22,24). The summed E-state index contributed by atoms with van der Waals surface area (Å²) in [5, 5.41) is 6.44. The number of nitrogens with one attached hydrogen (secondary N) is 2. The van der Waals surface area contributed by atoms with E-state index in [1.165, 1.54) is 0 Å². The molecule has 3 amide bonds. The van der Waals surface area contributed by atoms with Gasteiger partial charge in [-0.2, -0.15) is 0 Å². The van der Waals surface area contributed by atoms with E-state index in [0.29, 0.717) is 15.6 Å². The summed E-state index contributed by atoms with van der Waals surface area (Å²) in [6.45, 7) is 2.12. The van der Waals surface area contributed by atoms with Crippen LogP contribution in [-0.2, 0) is 6.54 Å². The quantitative estimate of drug-likeness (QED) is 0.755. The summed E-state index contributed by atoms with van der Waals surface area (Å²) < 4.78 is 0. The minimum atomic E-state index is -0.505. The van der Waals surface area contributed by atoms with Crippen molar-refractivity contribution in [2.45, 2.75) is 19.5 Å². The van der Waals surface area contributed by atoms with Crippen molar-refractivity contribution >= 4 is 35.1 Å². The van der Waals surface area contributed by atoms with Gasteiger partial charge in [0, 0.05) is 12.1 Å². The van der Waals surface area contributed by atoms with Gasteiger partial charge in [-0.15, -0.1) is 0 Å². The summed E-state index contributed by atoms with van der Waals surface area (Å²) >= 11 is 11.9. The monoisotopic (exact) mass is 365 g/mol. The highest BCUT2D eigenvalue weighted by atomic mass is 35.5. The lowest BCUT2D eigenvalue weighted by Crippen LogP contribution is -2.36. The SMILES string of the molecule is CC(NC(=O)NCc1cccc(C(N)=O)c1)c1ccc(Cl)c(Cl)c1. The van der Waals surface area contributed by atoms with E-state index in [-0.39, 0.29) is 18.6 Å². The first-order valence-corrected chi connectivity index (χ1v) is 8.00. The molecule has 0 aliphatic heterocycles. The molecule has 0 saturated carbocycles. The van der Waals surface area contributed by atoms with E-state index < -0.39 is 5.91 Å². The summed E-state index contributed by atoms with van der Waals surface area (Å²) in [5.41, 5.74) is 7.26. The van der Waals surface area contributed by atoms with E-state index in [4.69, 9.17) is 28.9 Å². The average molecular weight is 366 g/mol. The van der Waals surface area contributed by atoms with E-state index in [9.17, 15) is 9.59 Å². The molecule has 2 rings (SSSR count). The first kappa shape index (κ1) is 18.1. The topological polar surface area (TPSA) is 84.2 Å². The molecular weight excluding hydrogens is 349 g/mol. The molecule has 0 radical (unpaired) electrons. The van der Waals surface area contributed by atoms with Gasteiger partial charge in [0.25, 0.3) is 0 Å². The van der Waals surface area contributed by atoms with Crippen LogP contribution in [0, 0.1) is 0 Å². The zero-order valence-corrected chi connectivity index (χ0v) is 14.5. The number of carbonyl (C=O) groups is 2. The lowest BCUT2D eigenvalue weighted by molar-refractivity contribution is 0.1000. The molecule has 0 aliphatic rings. The van der Waals surface area contributed by atoms with Crippen molar-refractivity contribution in [1.29, 1.82) is 0 Å². The van der Waals surface area contributed by atoms with Crippen LogP contribution in [0.1, 0.15) is 34.5 Å². The van der Waals surface area contributed by atoms with Crippen molar-refractivity contribution in [3.63, 3.8) is 0 Å². The second-order valence-electron chi connectivity index (χ2n) is 5.29. The largest absolute Gasteiger partial charge is 0.366 e. The van der Waals surface area contributed by atoms with Crippen LogP contribution in [-0.4, -0.2) is 11.9 Å². The van der Waals surface area contributed by atoms with Gasteiger partial charge in [0.05, 0.1) is 16.1 Å². The Hall–Kier alpha value is -2.24. The van der Waals surface area contributed by atoms with Crippen LogP contribution in [0.25, 0.3) is 0 Å². The van der Waals surface area contributed by atoms with Gasteiger partial charge in [-0.1, -0.05) is 41.4 Å². The number of rotatable bonds is 5. The second kappa shape index (κ2) is 8.04. The number of halogens is 2. The lowest BCUT2D eigenvalue weighted by atomic mass is 10.1. The molecule has 24 heavy (non-hydrogen) atoms. The molecular formula is C17H17Cl2N3O2. The highest BCUT2D eigenvalue weighted by Gasteiger charge is 2.11. The summed E-state index contributed by atoms with van der Waals surface area (Å²) in [6, 6.07) is 11.4. The van der Waals surface area contributed by atoms with E-state index in [2.05, 4.69) is 10.6 Å². The van der Waals surface area contributed by atoms with E-state index in [1.807, 2.05) is 6.92 Å². The fourth-order valence-electron chi connectivity index (χ4n) is 2.13. The van der Waals surface area contributed by atoms with Gasteiger partial charge in [-0.3, -0.25) is 4.79 Å². The summed E-state index contributed by atoms with van der Waals surface area (Å²) in [5.74, 6) is -0.505. The fourth-order valence-corrected chi connectivity index (χ4v) is 2.44. The smallest absolute Gasteiger partial charge is 0.315 e. The van der Waals surface area contributed by atoms with Gasteiger partial charge in [0.2, 0.25) is 5.91 Å². The van der Waals surface area contributed by atoms with Gasteiger partial charge in [0.1, 0.15) is 0 Å². The molecule has 0 heterocycles. The Balaban J connectivity index is 1.92. The molecule has 5 nitrogen and oxygen atoms in total. The molecule has 126 valence electrons. The van der Waals surface area contributed by atoms with Gasteiger partial charge in [-0.25, -0.2) is 4.79 Å². The maximum atomic E-state index is 12.0. The molecule has 0 bridgehead atoms. The van der Waals surface area contributed by atoms with Crippen LogP contribution in [0.2, 0.25) is 10.0 Å². The van der Waals surface area contributed by atoms with Gasteiger partial charge in [-0.05, 0) is 42.3 Å². The fraction of sp³-hybridized carbons (Fsp3) is 0.176. The molecule has 0 saturated heterocycles.